The quantitative estimate of drug-likeness (QED) is 0.804. The van der Waals surface area contributed by atoms with E-state index in [1.165, 1.54) is 12.1 Å². The topological polar surface area (TPSA) is 62.5 Å². The van der Waals surface area contributed by atoms with Gasteiger partial charge in [0.15, 0.2) is 0 Å². The van der Waals surface area contributed by atoms with Crippen LogP contribution in [0.2, 0.25) is 5.02 Å². The summed E-state index contributed by atoms with van der Waals surface area (Å²) < 4.78 is 1.72. The van der Waals surface area contributed by atoms with Crippen LogP contribution in [0.4, 0.5) is 0 Å². The van der Waals surface area contributed by atoms with Gasteiger partial charge in [-0.2, -0.15) is 0 Å². The minimum absolute atomic E-state index is 0.0493. The highest BCUT2D eigenvalue weighted by molar-refractivity contribution is 6.33. The normalized spacial score (nSPS) is 10.9. The molecule has 0 aliphatic heterocycles. The zero-order chi connectivity index (χ0) is 12.0. The average molecular weight is 240 g/mol. The van der Waals surface area contributed by atoms with Crippen molar-refractivity contribution < 1.29 is 15.0 Å². The summed E-state index contributed by atoms with van der Waals surface area (Å²) in [5.74, 6) is -1.04. The molecular formula is C11H10ClNO3. The minimum Gasteiger partial charge on any atom is -0.506 e. The van der Waals surface area contributed by atoms with Crippen molar-refractivity contribution in [1.29, 1.82) is 0 Å². The molecule has 0 spiro atoms. The van der Waals surface area contributed by atoms with Crippen LogP contribution in [0.25, 0.3) is 10.9 Å². The number of benzene rings is 1. The summed E-state index contributed by atoms with van der Waals surface area (Å²) in [6.07, 6.45) is 0. The van der Waals surface area contributed by atoms with Gasteiger partial charge in [0.25, 0.3) is 0 Å². The molecule has 4 nitrogen and oxygen atoms in total. The SMILES string of the molecule is Cc1c(C(=O)O)c2cc(Cl)c(O)cc2n1C. The Morgan fingerprint density at radius 1 is 1.44 bits per heavy atom. The van der Waals surface area contributed by atoms with Crippen molar-refractivity contribution in [2.45, 2.75) is 6.92 Å². The highest BCUT2D eigenvalue weighted by atomic mass is 35.5. The van der Waals surface area contributed by atoms with E-state index in [4.69, 9.17) is 16.7 Å². The van der Waals surface area contributed by atoms with E-state index in [0.29, 0.717) is 16.6 Å². The predicted octanol–water partition coefficient (Wildman–Crippen LogP) is 2.54. The standard InChI is InChI=1S/C11H10ClNO3/c1-5-10(11(15)16)6-3-7(12)9(14)4-8(6)13(5)2/h3-4,14H,1-2H3,(H,15,16). The lowest BCUT2D eigenvalue weighted by atomic mass is 10.1. The van der Waals surface area contributed by atoms with Gasteiger partial charge in [0.05, 0.1) is 16.1 Å². The molecule has 2 aromatic rings. The second-order valence-electron chi connectivity index (χ2n) is 3.65. The lowest BCUT2D eigenvalue weighted by Gasteiger charge is -2.00. The average Bonchev–Trinajstić information content (AvgIpc) is 2.42. The van der Waals surface area contributed by atoms with Crippen molar-refractivity contribution in [3.8, 4) is 5.75 Å². The highest BCUT2D eigenvalue weighted by Gasteiger charge is 2.19. The van der Waals surface area contributed by atoms with Crippen LogP contribution in [0, 0.1) is 6.92 Å². The maximum atomic E-state index is 11.1. The Hall–Kier alpha value is -1.68. The summed E-state index contributed by atoms with van der Waals surface area (Å²) in [6, 6.07) is 2.94. The Balaban J connectivity index is 2.97. The van der Waals surface area contributed by atoms with Gasteiger partial charge in [-0.15, -0.1) is 0 Å². The number of halogens is 1. The number of carbonyl (C=O) groups is 1. The summed E-state index contributed by atoms with van der Waals surface area (Å²) >= 11 is 5.77. The van der Waals surface area contributed by atoms with Crippen LogP contribution >= 0.6 is 11.6 Å². The largest absolute Gasteiger partial charge is 0.506 e. The maximum Gasteiger partial charge on any atom is 0.338 e. The molecule has 0 bridgehead atoms. The Kier molecular flexibility index (Phi) is 2.31. The molecule has 0 aliphatic rings. The molecule has 1 aromatic carbocycles. The number of rotatable bonds is 1. The third-order valence-electron chi connectivity index (χ3n) is 2.77. The molecule has 0 saturated carbocycles. The van der Waals surface area contributed by atoms with Gasteiger partial charge in [-0.1, -0.05) is 11.6 Å². The van der Waals surface area contributed by atoms with Crippen LogP contribution in [0.5, 0.6) is 5.75 Å². The first-order valence-electron chi connectivity index (χ1n) is 4.64. The zero-order valence-electron chi connectivity index (χ0n) is 8.78. The Morgan fingerprint density at radius 2 is 2.06 bits per heavy atom. The van der Waals surface area contributed by atoms with Crippen LogP contribution in [-0.2, 0) is 7.05 Å². The third-order valence-corrected chi connectivity index (χ3v) is 3.08. The number of phenols is 1. The number of aromatic carboxylic acids is 1. The Morgan fingerprint density at radius 3 is 2.62 bits per heavy atom. The summed E-state index contributed by atoms with van der Waals surface area (Å²) in [7, 11) is 1.75. The zero-order valence-corrected chi connectivity index (χ0v) is 9.54. The fourth-order valence-electron chi connectivity index (χ4n) is 1.84. The first-order valence-corrected chi connectivity index (χ1v) is 5.02. The van der Waals surface area contributed by atoms with Gasteiger partial charge in [-0.25, -0.2) is 4.79 Å². The van der Waals surface area contributed by atoms with Gasteiger partial charge in [0, 0.05) is 24.2 Å². The molecule has 0 atom stereocenters. The molecule has 84 valence electrons. The second-order valence-corrected chi connectivity index (χ2v) is 4.05. The number of phenolic OH excluding ortho intramolecular Hbond substituents is 1. The van der Waals surface area contributed by atoms with Gasteiger partial charge in [0.1, 0.15) is 5.75 Å². The molecule has 0 radical (unpaired) electrons. The van der Waals surface area contributed by atoms with Gasteiger partial charge < -0.3 is 14.8 Å². The second kappa shape index (κ2) is 3.42. The molecule has 0 saturated heterocycles. The monoisotopic (exact) mass is 239 g/mol. The van der Waals surface area contributed by atoms with Gasteiger partial charge in [-0.05, 0) is 13.0 Å². The van der Waals surface area contributed by atoms with E-state index in [9.17, 15) is 9.90 Å². The number of aryl methyl sites for hydroxylation is 1. The molecule has 2 N–H and O–H groups in total. The number of hydrogen-bond donors (Lipinski definition) is 2. The number of nitrogens with zero attached hydrogens (tertiary/aromatic N) is 1. The van der Waals surface area contributed by atoms with Crippen molar-refractivity contribution in [2.24, 2.45) is 7.05 Å². The molecule has 1 heterocycles. The molecular weight excluding hydrogens is 230 g/mol. The Bertz CT molecular complexity index is 601. The number of fused-ring (bicyclic) bond motifs is 1. The smallest absolute Gasteiger partial charge is 0.338 e. The fraction of sp³-hybridized carbons (Fsp3) is 0.182. The lowest BCUT2D eigenvalue weighted by molar-refractivity contribution is 0.0698. The molecule has 2 rings (SSSR count). The van der Waals surface area contributed by atoms with Crippen LogP contribution < -0.4 is 0 Å². The predicted molar refractivity (Wildman–Crippen MR) is 61.3 cm³/mol. The number of aromatic nitrogens is 1. The van der Waals surface area contributed by atoms with E-state index in [0.717, 1.165) is 0 Å². The van der Waals surface area contributed by atoms with Gasteiger partial charge in [0.2, 0.25) is 0 Å². The van der Waals surface area contributed by atoms with E-state index >= 15 is 0 Å². The third kappa shape index (κ3) is 1.34. The van der Waals surface area contributed by atoms with Gasteiger partial charge >= 0.3 is 5.97 Å². The molecule has 0 aliphatic carbocycles. The van der Waals surface area contributed by atoms with Crippen LogP contribution in [-0.4, -0.2) is 20.7 Å². The maximum absolute atomic E-state index is 11.1. The van der Waals surface area contributed by atoms with Crippen molar-refractivity contribution in [3.05, 3.63) is 28.4 Å². The summed E-state index contributed by atoms with van der Waals surface area (Å²) in [4.78, 5) is 11.1. The van der Waals surface area contributed by atoms with E-state index < -0.39 is 5.97 Å². The molecule has 1 aromatic heterocycles. The number of carboxylic acids is 1. The summed E-state index contributed by atoms with van der Waals surface area (Å²) in [5, 5.41) is 19.3. The van der Waals surface area contributed by atoms with E-state index in [1.54, 1.807) is 18.5 Å². The molecule has 0 amide bonds. The van der Waals surface area contributed by atoms with Crippen LogP contribution in [0.15, 0.2) is 12.1 Å². The first-order chi connectivity index (χ1) is 7.43. The molecule has 0 unspecified atom stereocenters. The molecule has 0 fully saturated rings. The number of hydrogen-bond acceptors (Lipinski definition) is 2. The fourth-order valence-corrected chi connectivity index (χ4v) is 2.01. The van der Waals surface area contributed by atoms with E-state index in [2.05, 4.69) is 0 Å². The number of carboxylic acid groups (broad SMARTS) is 1. The van der Waals surface area contributed by atoms with E-state index in [-0.39, 0.29) is 16.3 Å². The summed E-state index contributed by atoms with van der Waals surface area (Å²) in [6.45, 7) is 1.72. The summed E-state index contributed by atoms with van der Waals surface area (Å²) in [5.41, 5.74) is 1.50. The highest BCUT2D eigenvalue weighted by Crippen LogP contribution is 2.33. The minimum atomic E-state index is -0.996. The number of aromatic hydroxyl groups is 1. The Labute approximate surface area is 96.7 Å². The van der Waals surface area contributed by atoms with Crippen molar-refractivity contribution >= 4 is 28.5 Å². The molecule has 5 heteroatoms. The van der Waals surface area contributed by atoms with Crippen molar-refractivity contribution in [3.63, 3.8) is 0 Å². The van der Waals surface area contributed by atoms with E-state index in [1.807, 2.05) is 0 Å². The van der Waals surface area contributed by atoms with Crippen LogP contribution in [0.3, 0.4) is 0 Å². The molecule has 16 heavy (non-hydrogen) atoms. The van der Waals surface area contributed by atoms with Crippen molar-refractivity contribution in [2.75, 3.05) is 0 Å². The first kappa shape index (κ1) is 10.8. The van der Waals surface area contributed by atoms with Crippen LogP contribution in [0.1, 0.15) is 16.1 Å². The van der Waals surface area contributed by atoms with Gasteiger partial charge in [-0.3, -0.25) is 0 Å². The van der Waals surface area contributed by atoms with Crippen molar-refractivity contribution in [1.82, 2.24) is 4.57 Å². The lowest BCUT2D eigenvalue weighted by Crippen LogP contribution is -1.99.